The van der Waals surface area contributed by atoms with Crippen LogP contribution in [0.2, 0.25) is 0 Å². The van der Waals surface area contributed by atoms with Gasteiger partial charge in [-0.05, 0) is 43.2 Å². The lowest BCUT2D eigenvalue weighted by Gasteiger charge is -2.26. The van der Waals surface area contributed by atoms with Crippen molar-refractivity contribution >= 4 is 33.5 Å². The van der Waals surface area contributed by atoms with E-state index in [1.165, 1.54) is 39.7 Å². The number of nitrogens with one attached hydrogen (secondary N) is 1. The Balaban J connectivity index is 1.33. The molecule has 2 aromatic rings. The molecule has 11 nitrogen and oxygen atoms in total. The van der Waals surface area contributed by atoms with E-state index in [9.17, 15) is 22.8 Å². The quantitative estimate of drug-likeness (QED) is 0.569. The maximum absolute atomic E-state index is 12.8. The van der Waals surface area contributed by atoms with Crippen molar-refractivity contribution in [2.45, 2.75) is 23.8 Å². The van der Waals surface area contributed by atoms with Crippen LogP contribution < -0.4 is 5.32 Å². The summed E-state index contributed by atoms with van der Waals surface area (Å²) < 4.78 is 42.4. The Morgan fingerprint density at radius 2 is 1.88 bits per heavy atom. The molecule has 2 amide bonds. The molecule has 1 atom stereocenters. The van der Waals surface area contributed by atoms with Gasteiger partial charge in [-0.3, -0.25) is 9.59 Å². The number of hydrogen-bond acceptors (Lipinski definition) is 8. The molecule has 1 N–H and O–H groups in total. The maximum Gasteiger partial charge on any atom is 0.329 e. The molecule has 0 saturated carbocycles. The van der Waals surface area contributed by atoms with Crippen LogP contribution in [-0.2, 0) is 29.1 Å². The largest absolute Gasteiger partial charge is 0.459 e. The second kappa shape index (κ2) is 10.4. The molecule has 34 heavy (non-hydrogen) atoms. The minimum atomic E-state index is -3.72. The van der Waals surface area contributed by atoms with Crippen molar-refractivity contribution in [3.63, 3.8) is 0 Å². The molecule has 2 aliphatic rings. The van der Waals surface area contributed by atoms with E-state index < -0.39 is 40.5 Å². The van der Waals surface area contributed by atoms with E-state index in [2.05, 4.69) is 5.32 Å². The van der Waals surface area contributed by atoms with E-state index in [0.29, 0.717) is 32.6 Å². The van der Waals surface area contributed by atoms with Gasteiger partial charge in [0.15, 0.2) is 12.4 Å². The summed E-state index contributed by atoms with van der Waals surface area (Å²) >= 11 is 0. The van der Waals surface area contributed by atoms with Gasteiger partial charge < -0.3 is 24.1 Å². The minimum absolute atomic E-state index is 0.0437. The molecular weight excluding hydrogens is 466 g/mol. The second-order valence-corrected chi connectivity index (χ2v) is 9.77. The number of nitrogens with zero attached hydrogens (tertiary/aromatic N) is 2. The van der Waals surface area contributed by atoms with E-state index >= 15 is 0 Å². The number of sulfonamides is 1. The summed E-state index contributed by atoms with van der Waals surface area (Å²) in [6.07, 6.45) is 2.43. The van der Waals surface area contributed by atoms with Gasteiger partial charge in [0, 0.05) is 25.3 Å². The molecule has 0 spiro atoms. The van der Waals surface area contributed by atoms with Crippen LogP contribution in [0.3, 0.4) is 0 Å². The molecule has 1 aromatic carbocycles. The highest BCUT2D eigenvalue weighted by atomic mass is 32.2. The SMILES string of the molecule is O=C(COC(=O)C1CCCN1C(=O)c1ccco1)Nc1cccc(S(=O)(=O)N2CCOCC2)c1. The maximum atomic E-state index is 12.8. The van der Waals surface area contributed by atoms with Crippen molar-refractivity contribution in [1.82, 2.24) is 9.21 Å². The van der Waals surface area contributed by atoms with Gasteiger partial charge in [0.05, 0.1) is 24.4 Å². The number of benzene rings is 1. The van der Waals surface area contributed by atoms with E-state index in [0.717, 1.165) is 0 Å². The van der Waals surface area contributed by atoms with Crippen molar-refractivity contribution in [3.8, 4) is 0 Å². The van der Waals surface area contributed by atoms with Crippen molar-refractivity contribution in [3.05, 3.63) is 48.4 Å². The highest BCUT2D eigenvalue weighted by Crippen LogP contribution is 2.22. The first-order valence-electron chi connectivity index (χ1n) is 10.9. The Morgan fingerprint density at radius 3 is 2.62 bits per heavy atom. The number of furan rings is 1. The summed E-state index contributed by atoms with van der Waals surface area (Å²) in [7, 11) is -3.72. The molecule has 4 rings (SSSR count). The fraction of sp³-hybridized carbons (Fsp3) is 0.409. The fourth-order valence-corrected chi connectivity index (χ4v) is 5.35. The predicted molar refractivity (Wildman–Crippen MR) is 118 cm³/mol. The topological polar surface area (TPSA) is 135 Å². The number of amides is 2. The lowest BCUT2D eigenvalue weighted by atomic mass is 10.2. The zero-order chi connectivity index (χ0) is 24.1. The van der Waals surface area contributed by atoms with Crippen molar-refractivity contribution in [2.24, 2.45) is 0 Å². The Morgan fingerprint density at radius 1 is 1.09 bits per heavy atom. The summed E-state index contributed by atoms with van der Waals surface area (Å²) in [5.74, 6) is -1.59. The van der Waals surface area contributed by atoms with Crippen LogP contribution in [0.25, 0.3) is 0 Å². The fourth-order valence-electron chi connectivity index (χ4n) is 3.90. The standard InChI is InChI=1S/C22H25N3O8S/c26-20(15-33-22(28)18-6-2-8-25(18)21(27)19-7-3-11-32-19)23-16-4-1-5-17(14-16)34(29,30)24-9-12-31-13-10-24/h1,3-5,7,11,14,18H,2,6,8-10,12-13,15H2,(H,23,26). The van der Waals surface area contributed by atoms with Crippen LogP contribution in [0.15, 0.2) is 52.0 Å². The number of likely N-dealkylation sites (tertiary alicyclic amines) is 1. The third-order valence-electron chi connectivity index (χ3n) is 5.59. The Bertz CT molecular complexity index is 1140. The summed E-state index contributed by atoms with van der Waals surface area (Å²) in [5, 5.41) is 2.54. The molecule has 2 saturated heterocycles. The summed E-state index contributed by atoms with van der Waals surface area (Å²) in [6.45, 7) is 0.985. The second-order valence-electron chi connectivity index (χ2n) is 7.83. The van der Waals surface area contributed by atoms with Gasteiger partial charge in [-0.1, -0.05) is 6.07 Å². The van der Waals surface area contributed by atoms with Crippen LogP contribution in [-0.4, -0.2) is 80.9 Å². The minimum Gasteiger partial charge on any atom is -0.459 e. The van der Waals surface area contributed by atoms with Crippen LogP contribution in [0.5, 0.6) is 0 Å². The Hall–Kier alpha value is -3.22. The van der Waals surface area contributed by atoms with Crippen molar-refractivity contribution < 1.29 is 36.7 Å². The third-order valence-corrected chi connectivity index (χ3v) is 7.48. The zero-order valence-corrected chi connectivity index (χ0v) is 19.2. The first kappa shape index (κ1) is 23.9. The molecule has 1 aromatic heterocycles. The molecule has 0 radical (unpaired) electrons. The van der Waals surface area contributed by atoms with Gasteiger partial charge in [-0.25, -0.2) is 13.2 Å². The van der Waals surface area contributed by atoms with Gasteiger partial charge in [0.1, 0.15) is 6.04 Å². The summed E-state index contributed by atoms with van der Waals surface area (Å²) in [6, 6.07) is 8.17. The molecule has 1 unspecified atom stereocenters. The van der Waals surface area contributed by atoms with Gasteiger partial charge in [-0.15, -0.1) is 0 Å². The van der Waals surface area contributed by atoms with E-state index in [-0.39, 0.29) is 29.4 Å². The monoisotopic (exact) mass is 491 g/mol. The van der Waals surface area contributed by atoms with Crippen molar-refractivity contribution in [2.75, 3.05) is 44.8 Å². The normalized spacial score (nSPS) is 19.1. The van der Waals surface area contributed by atoms with E-state index in [1.807, 2.05) is 0 Å². The Labute approximate surface area is 196 Å². The van der Waals surface area contributed by atoms with Gasteiger partial charge in [0.25, 0.3) is 11.8 Å². The molecular formula is C22H25N3O8S. The number of carbonyl (C=O) groups is 3. The van der Waals surface area contributed by atoms with Gasteiger partial charge >= 0.3 is 5.97 Å². The molecule has 182 valence electrons. The number of morpholine rings is 1. The van der Waals surface area contributed by atoms with Crippen LogP contribution in [0, 0.1) is 0 Å². The average Bonchev–Trinajstić information content (AvgIpc) is 3.55. The number of ether oxygens (including phenoxy) is 2. The molecule has 0 bridgehead atoms. The van der Waals surface area contributed by atoms with E-state index in [4.69, 9.17) is 13.9 Å². The highest BCUT2D eigenvalue weighted by Gasteiger charge is 2.37. The van der Waals surface area contributed by atoms with Gasteiger partial charge in [0.2, 0.25) is 10.0 Å². The molecule has 0 aliphatic carbocycles. The number of hydrogen-bond donors (Lipinski definition) is 1. The first-order chi connectivity index (χ1) is 16.4. The molecule has 2 aliphatic heterocycles. The average molecular weight is 492 g/mol. The Kier molecular flexibility index (Phi) is 7.29. The summed E-state index contributed by atoms with van der Waals surface area (Å²) in [5.41, 5.74) is 0.255. The lowest BCUT2D eigenvalue weighted by Crippen LogP contribution is -2.42. The third kappa shape index (κ3) is 5.29. The zero-order valence-electron chi connectivity index (χ0n) is 18.3. The smallest absolute Gasteiger partial charge is 0.329 e. The van der Waals surface area contributed by atoms with Gasteiger partial charge in [-0.2, -0.15) is 4.31 Å². The lowest BCUT2D eigenvalue weighted by molar-refractivity contribution is -0.151. The number of rotatable bonds is 7. The predicted octanol–water partition coefficient (Wildman–Crippen LogP) is 1.09. The van der Waals surface area contributed by atoms with Crippen LogP contribution in [0.1, 0.15) is 23.4 Å². The molecule has 12 heteroatoms. The highest BCUT2D eigenvalue weighted by molar-refractivity contribution is 7.89. The number of esters is 1. The number of carbonyl (C=O) groups excluding carboxylic acids is 3. The first-order valence-corrected chi connectivity index (χ1v) is 12.3. The van der Waals surface area contributed by atoms with Crippen molar-refractivity contribution in [1.29, 1.82) is 0 Å². The molecule has 2 fully saturated rings. The molecule has 3 heterocycles. The van der Waals surface area contributed by atoms with Crippen LogP contribution >= 0.6 is 0 Å². The van der Waals surface area contributed by atoms with Crippen LogP contribution in [0.4, 0.5) is 5.69 Å². The number of anilines is 1. The van der Waals surface area contributed by atoms with E-state index in [1.54, 1.807) is 12.1 Å². The summed E-state index contributed by atoms with van der Waals surface area (Å²) in [4.78, 5) is 38.8.